The maximum absolute atomic E-state index is 12.2. The smallest absolute Gasteiger partial charge is 0.271 e. The maximum Gasteiger partial charge on any atom is 0.271 e. The SMILES string of the molecule is Cc1ccc(Nc2nc(C(=O)NC3CCCC3)cs2)c(C)c1. The van der Waals surface area contributed by atoms with Crippen LogP contribution in [0.15, 0.2) is 23.6 Å². The van der Waals surface area contributed by atoms with Gasteiger partial charge in [-0.3, -0.25) is 4.79 Å². The molecule has 0 unspecified atom stereocenters. The van der Waals surface area contributed by atoms with Crippen LogP contribution in [0.25, 0.3) is 0 Å². The van der Waals surface area contributed by atoms with Gasteiger partial charge in [-0.15, -0.1) is 11.3 Å². The molecule has 0 aliphatic heterocycles. The van der Waals surface area contributed by atoms with Crippen molar-refractivity contribution in [2.45, 2.75) is 45.6 Å². The van der Waals surface area contributed by atoms with Crippen LogP contribution in [0.2, 0.25) is 0 Å². The number of aryl methyl sites for hydroxylation is 2. The Hall–Kier alpha value is -1.88. The van der Waals surface area contributed by atoms with Gasteiger partial charge in [0.15, 0.2) is 5.13 Å². The third kappa shape index (κ3) is 3.47. The van der Waals surface area contributed by atoms with Crippen LogP contribution in [0.1, 0.15) is 47.3 Å². The molecule has 1 amide bonds. The van der Waals surface area contributed by atoms with Crippen LogP contribution in [0.4, 0.5) is 10.8 Å². The summed E-state index contributed by atoms with van der Waals surface area (Å²) < 4.78 is 0. The predicted octanol–water partition coefficient (Wildman–Crippen LogP) is 4.18. The van der Waals surface area contributed by atoms with Crippen molar-refractivity contribution in [3.05, 3.63) is 40.4 Å². The van der Waals surface area contributed by atoms with Crippen LogP contribution < -0.4 is 10.6 Å². The summed E-state index contributed by atoms with van der Waals surface area (Å²) in [7, 11) is 0. The van der Waals surface area contributed by atoms with Crippen LogP contribution in [-0.2, 0) is 0 Å². The molecule has 0 spiro atoms. The number of rotatable bonds is 4. The van der Waals surface area contributed by atoms with Gasteiger partial charge in [-0.1, -0.05) is 30.5 Å². The molecular formula is C17H21N3OS. The first-order valence-corrected chi connectivity index (χ1v) is 8.60. The standard InChI is InChI=1S/C17H21N3OS/c1-11-7-8-14(12(2)9-11)19-17-20-15(10-22-17)16(21)18-13-5-3-4-6-13/h7-10,13H,3-6H2,1-2H3,(H,18,21)(H,19,20). The molecule has 3 rings (SSSR count). The van der Waals surface area contributed by atoms with E-state index in [2.05, 4.69) is 41.6 Å². The van der Waals surface area contributed by atoms with E-state index in [0.29, 0.717) is 11.7 Å². The molecule has 0 radical (unpaired) electrons. The number of aromatic nitrogens is 1. The summed E-state index contributed by atoms with van der Waals surface area (Å²) in [5.41, 5.74) is 3.94. The Morgan fingerprint density at radius 2 is 2.05 bits per heavy atom. The van der Waals surface area contributed by atoms with E-state index in [4.69, 9.17) is 0 Å². The van der Waals surface area contributed by atoms with Crippen molar-refractivity contribution in [2.75, 3.05) is 5.32 Å². The van der Waals surface area contributed by atoms with Crippen molar-refractivity contribution in [2.24, 2.45) is 0 Å². The third-order valence-corrected chi connectivity index (χ3v) is 4.81. The van der Waals surface area contributed by atoms with E-state index in [1.807, 2.05) is 11.4 Å². The number of hydrogen-bond donors (Lipinski definition) is 2. The summed E-state index contributed by atoms with van der Waals surface area (Å²) in [4.78, 5) is 16.6. The van der Waals surface area contributed by atoms with E-state index in [0.717, 1.165) is 23.7 Å². The van der Waals surface area contributed by atoms with Gasteiger partial charge in [0.1, 0.15) is 5.69 Å². The molecule has 1 aromatic carbocycles. The highest BCUT2D eigenvalue weighted by Crippen LogP contribution is 2.24. The molecule has 116 valence electrons. The quantitative estimate of drug-likeness (QED) is 0.890. The second kappa shape index (κ2) is 6.48. The zero-order chi connectivity index (χ0) is 15.5. The summed E-state index contributed by atoms with van der Waals surface area (Å²) in [6.07, 6.45) is 4.59. The molecule has 22 heavy (non-hydrogen) atoms. The number of carbonyl (C=O) groups is 1. The van der Waals surface area contributed by atoms with E-state index < -0.39 is 0 Å². The van der Waals surface area contributed by atoms with Crippen LogP contribution in [0.5, 0.6) is 0 Å². The Labute approximate surface area is 135 Å². The lowest BCUT2D eigenvalue weighted by Crippen LogP contribution is -2.32. The first-order valence-electron chi connectivity index (χ1n) is 7.72. The number of nitrogens with zero attached hydrogens (tertiary/aromatic N) is 1. The molecule has 1 aliphatic rings. The largest absolute Gasteiger partial charge is 0.348 e. The van der Waals surface area contributed by atoms with E-state index >= 15 is 0 Å². The second-order valence-electron chi connectivity index (χ2n) is 5.94. The van der Waals surface area contributed by atoms with Crippen molar-refractivity contribution < 1.29 is 4.79 Å². The minimum absolute atomic E-state index is 0.0585. The number of nitrogens with one attached hydrogen (secondary N) is 2. The third-order valence-electron chi connectivity index (χ3n) is 4.05. The monoisotopic (exact) mass is 315 g/mol. The van der Waals surface area contributed by atoms with E-state index in [1.54, 1.807) is 0 Å². The highest BCUT2D eigenvalue weighted by Gasteiger charge is 2.19. The van der Waals surface area contributed by atoms with Gasteiger partial charge in [0, 0.05) is 17.1 Å². The zero-order valence-corrected chi connectivity index (χ0v) is 13.8. The summed E-state index contributed by atoms with van der Waals surface area (Å²) >= 11 is 1.46. The Morgan fingerprint density at radius 3 is 2.77 bits per heavy atom. The van der Waals surface area contributed by atoms with Crippen molar-refractivity contribution in [3.8, 4) is 0 Å². The molecule has 5 heteroatoms. The molecule has 2 aromatic rings. The van der Waals surface area contributed by atoms with Gasteiger partial charge in [-0.25, -0.2) is 4.98 Å². The molecule has 2 N–H and O–H groups in total. The Bertz CT molecular complexity index is 674. The number of carbonyl (C=O) groups excluding carboxylic acids is 1. The highest BCUT2D eigenvalue weighted by atomic mass is 32.1. The number of amides is 1. The van der Waals surface area contributed by atoms with Gasteiger partial charge in [0.2, 0.25) is 0 Å². The molecule has 0 atom stereocenters. The molecule has 1 saturated carbocycles. The lowest BCUT2D eigenvalue weighted by atomic mass is 10.1. The molecule has 0 saturated heterocycles. The van der Waals surface area contributed by atoms with Gasteiger partial charge in [0.05, 0.1) is 0 Å². The maximum atomic E-state index is 12.2. The first-order chi connectivity index (χ1) is 10.6. The van der Waals surface area contributed by atoms with E-state index in [9.17, 15) is 4.79 Å². The average Bonchev–Trinajstić information content (AvgIpc) is 3.13. The number of anilines is 2. The number of hydrogen-bond acceptors (Lipinski definition) is 4. The highest BCUT2D eigenvalue weighted by molar-refractivity contribution is 7.14. The van der Waals surface area contributed by atoms with Gasteiger partial charge < -0.3 is 10.6 Å². The minimum Gasteiger partial charge on any atom is -0.348 e. The summed E-state index contributed by atoms with van der Waals surface area (Å²) in [5, 5.41) is 8.93. The normalized spacial score (nSPS) is 15.0. The van der Waals surface area contributed by atoms with Crippen molar-refractivity contribution >= 4 is 28.1 Å². The van der Waals surface area contributed by atoms with Crippen LogP contribution in [0.3, 0.4) is 0 Å². The topological polar surface area (TPSA) is 54.0 Å². The first kappa shape index (κ1) is 15.0. The van der Waals surface area contributed by atoms with E-state index in [1.165, 1.54) is 35.3 Å². The average molecular weight is 315 g/mol. The predicted molar refractivity (Wildman–Crippen MR) is 91.0 cm³/mol. The lowest BCUT2D eigenvalue weighted by Gasteiger charge is -2.10. The van der Waals surface area contributed by atoms with Crippen molar-refractivity contribution in [1.29, 1.82) is 0 Å². The number of thiazole rings is 1. The fraction of sp³-hybridized carbons (Fsp3) is 0.412. The van der Waals surface area contributed by atoms with Crippen molar-refractivity contribution in [3.63, 3.8) is 0 Å². The molecule has 1 heterocycles. The molecule has 1 fully saturated rings. The Balaban J connectivity index is 1.66. The summed E-state index contributed by atoms with van der Waals surface area (Å²) in [5.74, 6) is -0.0585. The lowest BCUT2D eigenvalue weighted by molar-refractivity contribution is 0.0933. The van der Waals surface area contributed by atoms with Gasteiger partial charge >= 0.3 is 0 Å². The minimum atomic E-state index is -0.0585. The van der Waals surface area contributed by atoms with Crippen LogP contribution >= 0.6 is 11.3 Å². The molecule has 1 aliphatic carbocycles. The summed E-state index contributed by atoms with van der Waals surface area (Å²) in [6.45, 7) is 4.14. The molecular weight excluding hydrogens is 294 g/mol. The van der Waals surface area contributed by atoms with Gasteiger partial charge in [-0.2, -0.15) is 0 Å². The fourth-order valence-electron chi connectivity index (χ4n) is 2.83. The van der Waals surface area contributed by atoms with Gasteiger partial charge in [-0.05, 0) is 38.3 Å². The van der Waals surface area contributed by atoms with Crippen LogP contribution in [-0.4, -0.2) is 16.9 Å². The summed E-state index contributed by atoms with van der Waals surface area (Å²) in [6, 6.07) is 6.56. The molecule has 0 bridgehead atoms. The Morgan fingerprint density at radius 1 is 1.27 bits per heavy atom. The van der Waals surface area contributed by atoms with E-state index in [-0.39, 0.29) is 5.91 Å². The number of benzene rings is 1. The fourth-order valence-corrected chi connectivity index (χ4v) is 3.54. The van der Waals surface area contributed by atoms with Crippen molar-refractivity contribution in [1.82, 2.24) is 10.3 Å². The zero-order valence-electron chi connectivity index (χ0n) is 13.0. The van der Waals surface area contributed by atoms with Gasteiger partial charge in [0.25, 0.3) is 5.91 Å². The Kier molecular flexibility index (Phi) is 4.43. The molecule has 4 nitrogen and oxygen atoms in total. The molecule has 1 aromatic heterocycles. The van der Waals surface area contributed by atoms with Crippen LogP contribution in [0, 0.1) is 13.8 Å². The second-order valence-corrected chi connectivity index (χ2v) is 6.79.